The Morgan fingerprint density at radius 2 is 1.56 bits per heavy atom. The van der Waals surface area contributed by atoms with Crippen molar-refractivity contribution < 1.29 is 14.0 Å². The van der Waals surface area contributed by atoms with E-state index in [0.717, 1.165) is 29.2 Å². The highest BCUT2D eigenvalue weighted by molar-refractivity contribution is 7.19. The van der Waals surface area contributed by atoms with E-state index in [2.05, 4.69) is 139 Å². The second kappa shape index (κ2) is 12.8. The van der Waals surface area contributed by atoms with E-state index in [1.165, 1.54) is 43.4 Å². The molecule has 0 bridgehead atoms. The van der Waals surface area contributed by atoms with Gasteiger partial charge >= 0.3 is 0 Å². The van der Waals surface area contributed by atoms with Crippen molar-refractivity contribution in [2.45, 2.75) is 19.6 Å². The number of benzene rings is 4. The number of anilines is 1. The summed E-state index contributed by atoms with van der Waals surface area (Å²) in [7, 11) is 12.0. The number of hydrogen-bond acceptors (Lipinski definition) is 6. The molecule has 1 unspecified atom stereocenters. The molecule has 0 saturated heterocycles. The van der Waals surface area contributed by atoms with E-state index in [1.54, 1.807) is 25.6 Å². The van der Waals surface area contributed by atoms with Gasteiger partial charge in [0.25, 0.3) is 5.01 Å². The van der Waals surface area contributed by atoms with Crippen molar-refractivity contribution in [1.29, 1.82) is 0 Å². The number of aromatic nitrogens is 1. The number of thiazole rings is 1. The van der Waals surface area contributed by atoms with Crippen LogP contribution in [0.5, 0.6) is 11.5 Å². The maximum Gasteiger partial charge on any atom is 0.263 e. The molecule has 0 amide bonds. The van der Waals surface area contributed by atoms with E-state index in [4.69, 9.17) is 9.47 Å². The number of aryl methyl sites for hydroxylation is 1. The summed E-state index contributed by atoms with van der Waals surface area (Å²) in [5.41, 5.74) is 8.11. The van der Waals surface area contributed by atoms with Crippen LogP contribution in [0.1, 0.15) is 23.1 Å². The number of hydrogen-bond donors (Lipinski definition) is 0. The van der Waals surface area contributed by atoms with E-state index < -0.39 is 0 Å². The molecule has 1 aliphatic rings. The first-order valence-corrected chi connectivity index (χ1v) is 16.0. The first kappa shape index (κ1) is 30.4. The first-order chi connectivity index (χ1) is 21.8. The van der Waals surface area contributed by atoms with Gasteiger partial charge in [-0.25, -0.2) is 0 Å². The summed E-state index contributed by atoms with van der Waals surface area (Å²) in [6.45, 7) is 3.03. The molecular formula is C38H41N4O2S+. The Morgan fingerprint density at radius 3 is 2.24 bits per heavy atom. The van der Waals surface area contributed by atoms with Gasteiger partial charge in [-0.1, -0.05) is 65.9 Å². The van der Waals surface area contributed by atoms with Crippen LogP contribution in [0.4, 0.5) is 5.69 Å². The van der Waals surface area contributed by atoms with Gasteiger partial charge in [0, 0.05) is 31.3 Å². The lowest BCUT2D eigenvalue weighted by atomic mass is 9.97. The van der Waals surface area contributed by atoms with E-state index in [-0.39, 0.29) is 6.17 Å². The Balaban J connectivity index is 1.48. The summed E-state index contributed by atoms with van der Waals surface area (Å²) in [6.07, 6.45) is 4.88. The summed E-state index contributed by atoms with van der Waals surface area (Å²) >= 11 is 1.79. The van der Waals surface area contributed by atoms with Gasteiger partial charge in [0.1, 0.15) is 29.1 Å². The summed E-state index contributed by atoms with van der Waals surface area (Å²) in [5, 5.41) is 1.18. The Bertz CT molecular complexity index is 1870. The lowest BCUT2D eigenvalue weighted by Crippen LogP contribution is -2.45. The Kier molecular flexibility index (Phi) is 8.65. The molecule has 0 N–H and O–H groups in total. The van der Waals surface area contributed by atoms with Crippen molar-refractivity contribution >= 4 is 38.9 Å². The van der Waals surface area contributed by atoms with Crippen LogP contribution >= 0.6 is 11.3 Å². The van der Waals surface area contributed by atoms with Gasteiger partial charge in [0.2, 0.25) is 5.52 Å². The van der Waals surface area contributed by atoms with Crippen LogP contribution in [-0.2, 0) is 13.6 Å². The standard InChI is InChI=1S/C38H41N4O2S/c1-26(39(2)3)40(4)36-23-29(30-16-11-12-17-31(30)42(36)25-27-14-9-8-10-15-27)24-37-41(5)32-21-20-28(22-35(32)45-37)38-33(43-6)18-13-19-34(38)44-7/h8-24,26H,25H2,1-7H3/q+1. The average molecular weight is 618 g/mol. The van der Waals surface area contributed by atoms with Crippen molar-refractivity contribution in [3.8, 4) is 22.6 Å². The summed E-state index contributed by atoms with van der Waals surface area (Å²) < 4.78 is 14.9. The molecule has 6 nitrogen and oxygen atoms in total. The molecule has 1 aliphatic heterocycles. The fourth-order valence-corrected chi connectivity index (χ4v) is 7.12. The molecule has 0 spiro atoms. The number of fused-ring (bicyclic) bond motifs is 2. The third kappa shape index (κ3) is 5.81. The van der Waals surface area contributed by atoms with Crippen molar-refractivity contribution in [3.05, 3.63) is 119 Å². The highest BCUT2D eigenvalue weighted by Gasteiger charge is 2.29. The van der Waals surface area contributed by atoms with Crippen LogP contribution in [0.15, 0.2) is 103 Å². The van der Waals surface area contributed by atoms with E-state index in [9.17, 15) is 0 Å². The molecule has 230 valence electrons. The Labute approximate surface area is 270 Å². The highest BCUT2D eigenvalue weighted by Crippen LogP contribution is 2.42. The summed E-state index contributed by atoms with van der Waals surface area (Å²) in [5.74, 6) is 2.76. The van der Waals surface area contributed by atoms with Crippen LogP contribution < -0.4 is 18.9 Å². The quantitative estimate of drug-likeness (QED) is 0.125. The number of ether oxygens (including phenoxy) is 2. The largest absolute Gasteiger partial charge is 0.496 e. The van der Waals surface area contributed by atoms with Crippen molar-refractivity contribution in [1.82, 2.24) is 9.80 Å². The molecule has 0 fully saturated rings. The zero-order chi connectivity index (χ0) is 31.7. The molecule has 45 heavy (non-hydrogen) atoms. The topological polar surface area (TPSA) is 32.1 Å². The fourth-order valence-electron chi connectivity index (χ4n) is 5.98. The Hall–Kier alpha value is -4.59. The lowest BCUT2D eigenvalue weighted by molar-refractivity contribution is -0.642. The van der Waals surface area contributed by atoms with Crippen molar-refractivity contribution in [2.24, 2.45) is 7.05 Å². The number of nitrogens with zero attached hydrogens (tertiary/aromatic N) is 4. The molecule has 7 heteroatoms. The lowest BCUT2D eigenvalue weighted by Gasteiger charge is -2.42. The minimum Gasteiger partial charge on any atom is -0.496 e. The molecule has 4 aromatic carbocycles. The van der Waals surface area contributed by atoms with Gasteiger partial charge in [-0.2, -0.15) is 4.57 Å². The second-order valence-electron chi connectivity index (χ2n) is 11.6. The third-order valence-corrected chi connectivity index (χ3v) is 9.93. The summed E-state index contributed by atoms with van der Waals surface area (Å²) in [4.78, 5) is 7.05. The first-order valence-electron chi connectivity index (χ1n) is 15.2. The average Bonchev–Trinajstić information content (AvgIpc) is 3.38. The van der Waals surface area contributed by atoms with Crippen LogP contribution in [0.25, 0.3) is 33.0 Å². The van der Waals surface area contributed by atoms with E-state index in [0.29, 0.717) is 0 Å². The van der Waals surface area contributed by atoms with Crippen LogP contribution in [0, 0.1) is 0 Å². The van der Waals surface area contributed by atoms with Crippen LogP contribution in [0.3, 0.4) is 0 Å². The normalized spacial score (nSPS) is 14.4. The van der Waals surface area contributed by atoms with Gasteiger partial charge in [-0.15, -0.1) is 0 Å². The number of rotatable bonds is 9. The molecule has 1 aromatic heterocycles. The molecule has 1 atom stereocenters. The predicted octanol–water partition coefficient (Wildman–Crippen LogP) is 7.65. The maximum atomic E-state index is 5.72. The van der Waals surface area contributed by atoms with Crippen LogP contribution in [0.2, 0.25) is 0 Å². The Morgan fingerprint density at radius 1 is 0.867 bits per heavy atom. The second-order valence-corrected chi connectivity index (χ2v) is 12.7. The molecule has 0 saturated carbocycles. The number of para-hydroxylation sites is 1. The zero-order valence-corrected chi connectivity index (χ0v) is 27.9. The number of allylic oxidation sites excluding steroid dienone is 2. The van der Waals surface area contributed by atoms with Crippen LogP contribution in [-0.4, -0.2) is 51.3 Å². The smallest absolute Gasteiger partial charge is 0.263 e. The SMILES string of the molecule is COc1cccc(OC)c1-c1ccc2c(c1)sc(C=C1C=C(N(C)C(C)N(C)C)N(Cc3ccccc3)c3ccccc31)[n+]2C. The zero-order valence-electron chi connectivity index (χ0n) is 27.1. The van der Waals surface area contributed by atoms with Crippen molar-refractivity contribution in [2.75, 3.05) is 40.3 Å². The monoisotopic (exact) mass is 617 g/mol. The fraction of sp³-hybridized carbons (Fsp3) is 0.237. The van der Waals surface area contributed by atoms with Gasteiger partial charge in [-0.05, 0) is 74.1 Å². The molecule has 5 aromatic rings. The molecule has 0 aliphatic carbocycles. The van der Waals surface area contributed by atoms with E-state index in [1.807, 2.05) is 18.2 Å². The van der Waals surface area contributed by atoms with Gasteiger partial charge in [0.15, 0.2) is 0 Å². The molecule has 0 radical (unpaired) electrons. The number of methoxy groups -OCH3 is 2. The van der Waals surface area contributed by atoms with Gasteiger partial charge in [-0.3, -0.25) is 4.90 Å². The highest BCUT2D eigenvalue weighted by atomic mass is 32.1. The predicted molar refractivity (Wildman–Crippen MR) is 187 cm³/mol. The maximum absolute atomic E-state index is 5.72. The van der Waals surface area contributed by atoms with E-state index >= 15 is 0 Å². The minimum absolute atomic E-state index is 0.201. The van der Waals surface area contributed by atoms with Gasteiger partial charge in [0.05, 0.1) is 31.6 Å². The van der Waals surface area contributed by atoms with Crippen molar-refractivity contribution in [3.63, 3.8) is 0 Å². The minimum atomic E-state index is 0.201. The third-order valence-electron chi connectivity index (χ3n) is 8.78. The molecule has 6 rings (SSSR count). The van der Waals surface area contributed by atoms with Gasteiger partial charge < -0.3 is 19.3 Å². The summed E-state index contributed by atoms with van der Waals surface area (Å²) in [6, 6.07) is 32.0. The molecule has 2 heterocycles. The molecular weight excluding hydrogens is 577 g/mol.